The van der Waals surface area contributed by atoms with E-state index in [-0.39, 0.29) is 16.9 Å². The number of rotatable bonds is 6. The van der Waals surface area contributed by atoms with Gasteiger partial charge in [-0.05, 0) is 57.7 Å². The number of hydrogen-bond acceptors (Lipinski definition) is 6. The molecule has 3 aromatic heterocycles. The van der Waals surface area contributed by atoms with E-state index in [1.807, 2.05) is 38.2 Å². The fraction of sp³-hybridized carbons (Fsp3) is 0.462. The molecular weight excluding hydrogens is 428 g/mol. The van der Waals surface area contributed by atoms with Crippen LogP contribution in [0.5, 0.6) is 5.75 Å². The Bertz CT molecular complexity index is 1260. The minimum Gasteiger partial charge on any atom is -0.492 e. The van der Waals surface area contributed by atoms with E-state index in [2.05, 4.69) is 28.3 Å². The average Bonchev–Trinajstić information content (AvgIpc) is 3.46. The standard InChI is InChI=1S/C26H30N6O2/c1-4-34-20-13-21(23-19(14-27)16-29-32(23)17-20)18-5-6-22(28-15-18)31-11-9-26(3,10-12-31)30-24(33)25(2)7-8-25/h5-6,13,15-17H,4,7-12H2,1-3H3,(H,30,33). The van der Waals surface area contributed by atoms with Gasteiger partial charge in [-0.2, -0.15) is 10.4 Å². The van der Waals surface area contributed by atoms with E-state index in [0.717, 1.165) is 61.2 Å². The van der Waals surface area contributed by atoms with E-state index in [1.165, 1.54) is 0 Å². The summed E-state index contributed by atoms with van der Waals surface area (Å²) in [4.78, 5) is 19.5. The molecule has 0 aromatic carbocycles. The van der Waals surface area contributed by atoms with Crippen molar-refractivity contribution in [3.63, 3.8) is 0 Å². The van der Waals surface area contributed by atoms with Gasteiger partial charge in [0.25, 0.3) is 0 Å². The molecule has 1 amide bonds. The molecule has 0 atom stereocenters. The van der Waals surface area contributed by atoms with Gasteiger partial charge in [-0.25, -0.2) is 9.50 Å². The number of amides is 1. The van der Waals surface area contributed by atoms with Crippen molar-refractivity contribution in [2.75, 3.05) is 24.6 Å². The molecule has 1 N–H and O–H groups in total. The van der Waals surface area contributed by atoms with Crippen LogP contribution in [-0.4, -0.2) is 45.7 Å². The smallest absolute Gasteiger partial charge is 0.226 e. The van der Waals surface area contributed by atoms with Gasteiger partial charge in [0, 0.05) is 41.4 Å². The molecule has 4 heterocycles. The van der Waals surface area contributed by atoms with Crippen molar-refractivity contribution in [2.24, 2.45) is 5.41 Å². The number of carbonyl (C=O) groups is 1. The quantitative estimate of drug-likeness (QED) is 0.601. The lowest BCUT2D eigenvalue weighted by atomic mass is 9.88. The number of hydrogen-bond donors (Lipinski definition) is 1. The molecule has 2 fully saturated rings. The van der Waals surface area contributed by atoms with Crippen LogP contribution in [0.15, 0.2) is 36.8 Å². The normalized spacial score (nSPS) is 18.4. The van der Waals surface area contributed by atoms with Crippen LogP contribution < -0.4 is 15.0 Å². The molecule has 1 saturated carbocycles. The molecule has 8 heteroatoms. The molecule has 1 saturated heterocycles. The van der Waals surface area contributed by atoms with E-state index >= 15 is 0 Å². The van der Waals surface area contributed by atoms with Crippen LogP contribution in [0.4, 0.5) is 5.82 Å². The lowest BCUT2D eigenvalue weighted by Crippen LogP contribution is -2.55. The van der Waals surface area contributed by atoms with Crippen molar-refractivity contribution in [2.45, 2.75) is 52.0 Å². The third-order valence-electron chi connectivity index (χ3n) is 7.23. The summed E-state index contributed by atoms with van der Waals surface area (Å²) in [6, 6.07) is 8.22. The first-order valence-corrected chi connectivity index (χ1v) is 11.9. The Labute approximate surface area is 199 Å². The Morgan fingerprint density at radius 2 is 1.97 bits per heavy atom. The maximum atomic E-state index is 12.5. The Kier molecular flexibility index (Phi) is 5.43. The summed E-state index contributed by atoms with van der Waals surface area (Å²) in [6.45, 7) is 8.36. The Morgan fingerprint density at radius 3 is 2.59 bits per heavy atom. The zero-order chi connectivity index (χ0) is 23.9. The third-order valence-corrected chi connectivity index (χ3v) is 7.23. The van der Waals surface area contributed by atoms with E-state index in [9.17, 15) is 10.1 Å². The predicted octanol–water partition coefficient (Wildman–Crippen LogP) is 3.94. The molecule has 3 aromatic rings. The maximum Gasteiger partial charge on any atom is 0.226 e. The zero-order valence-corrected chi connectivity index (χ0v) is 20.0. The van der Waals surface area contributed by atoms with Crippen molar-refractivity contribution in [1.82, 2.24) is 19.9 Å². The number of aromatic nitrogens is 3. The highest BCUT2D eigenvalue weighted by Gasteiger charge is 2.47. The number of pyridine rings is 2. The molecule has 0 spiro atoms. The van der Waals surface area contributed by atoms with E-state index < -0.39 is 0 Å². The molecule has 0 radical (unpaired) electrons. The van der Waals surface area contributed by atoms with Crippen molar-refractivity contribution in [3.8, 4) is 22.9 Å². The number of fused-ring (bicyclic) bond motifs is 1. The van der Waals surface area contributed by atoms with Gasteiger partial charge >= 0.3 is 0 Å². The van der Waals surface area contributed by atoms with Crippen LogP contribution in [0.2, 0.25) is 0 Å². The number of nitrogens with zero attached hydrogens (tertiary/aromatic N) is 5. The molecule has 2 aliphatic rings. The number of anilines is 1. The zero-order valence-electron chi connectivity index (χ0n) is 20.0. The highest BCUT2D eigenvalue weighted by molar-refractivity contribution is 5.86. The van der Waals surface area contributed by atoms with E-state index in [0.29, 0.717) is 17.9 Å². The number of nitrogens with one attached hydrogen (secondary N) is 1. The van der Waals surface area contributed by atoms with Crippen LogP contribution in [0.25, 0.3) is 16.6 Å². The van der Waals surface area contributed by atoms with E-state index in [1.54, 1.807) is 16.9 Å². The first-order valence-electron chi connectivity index (χ1n) is 11.9. The fourth-order valence-electron chi connectivity index (χ4n) is 4.57. The van der Waals surface area contributed by atoms with Crippen LogP contribution >= 0.6 is 0 Å². The van der Waals surface area contributed by atoms with Crippen molar-refractivity contribution in [1.29, 1.82) is 5.26 Å². The Hall–Kier alpha value is -3.60. The summed E-state index contributed by atoms with van der Waals surface area (Å²) in [5.41, 5.74) is 2.71. The summed E-state index contributed by atoms with van der Waals surface area (Å²) < 4.78 is 7.40. The summed E-state index contributed by atoms with van der Waals surface area (Å²) in [7, 11) is 0. The monoisotopic (exact) mass is 458 g/mol. The van der Waals surface area contributed by atoms with Gasteiger partial charge in [0.1, 0.15) is 17.6 Å². The third kappa shape index (κ3) is 4.07. The van der Waals surface area contributed by atoms with Crippen LogP contribution in [-0.2, 0) is 4.79 Å². The topological polar surface area (TPSA) is 95.5 Å². The predicted molar refractivity (Wildman–Crippen MR) is 130 cm³/mol. The van der Waals surface area contributed by atoms with Crippen LogP contribution in [0.3, 0.4) is 0 Å². The lowest BCUT2D eigenvalue weighted by Gasteiger charge is -2.41. The molecule has 5 rings (SSSR count). The van der Waals surface area contributed by atoms with Gasteiger partial charge in [0.15, 0.2) is 0 Å². The molecule has 1 aliphatic heterocycles. The minimum absolute atomic E-state index is 0.149. The van der Waals surface area contributed by atoms with Gasteiger partial charge < -0.3 is 15.0 Å². The van der Waals surface area contributed by atoms with E-state index in [4.69, 9.17) is 9.72 Å². The number of nitriles is 1. The summed E-state index contributed by atoms with van der Waals surface area (Å²) in [5, 5.41) is 17.2. The fourth-order valence-corrected chi connectivity index (χ4v) is 4.57. The van der Waals surface area contributed by atoms with Gasteiger partial charge in [-0.3, -0.25) is 4.79 Å². The largest absolute Gasteiger partial charge is 0.492 e. The second-order valence-electron chi connectivity index (χ2n) is 9.95. The first kappa shape index (κ1) is 22.2. The SMILES string of the molecule is CCOc1cc(-c2ccc(N3CCC(C)(NC(=O)C4(C)CC4)CC3)nc2)c2c(C#N)cnn2c1. The van der Waals surface area contributed by atoms with Crippen LogP contribution in [0, 0.1) is 16.7 Å². The minimum atomic E-state index is -0.167. The Morgan fingerprint density at radius 1 is 1.21 bits per heavy atom. The molecule has 0 bridgehead atoms. The molecule has 0 unspecified atom stereocenters. The van der Waals surface area contributed by atoms with Gasteiger partial charge in [-0.15, -0.1) is 0 Å². The van der Waals surface area contributed by atoms with Gasteiger partial charge in [-0.1, -0.05) is 6.92 Å². The highest BCUT2D eigenvalue weighted by atomic mass is 16.5. The molecule has 176 valence electrons. The second kappa shape index (κ2) is 8.32. The Balaban J connectivity index is 1.34. The molecule has 1 aliphatic carbocycles. The number of ether oxygens (including phenoxy) is 1. The number of piperidine rings is 1. The van der Waals surface area contributed by atoms with Crippen molar-refractivity contribution < 1.29 is 9.53 Å². The van der Waals surface area contributed by atoms with Crippen LogP contribution in [0.1, 0.15) is 52.0 Å². The van der Waals surface area contributed by atoms with Crippen molar-refractivity contribution >= 4 is 17.2 Å². The average molecular weight is 459 g/mol. The summed E-state index contributed by atoms with van der Waals surface area (Å²) in [6.07, 6.45) is 8.96. The van der Waals surface area contributed by atoms with Gasteiger partial charge in [0.05, 0.1) is 30.1 Å². The summed E-state index contributed by atoms with van der Waals surface area (Å²) in [5.74, 6) is 1.81. The molecule has 8 nitrogen and oxygen atoms in total. The van der Waals surface area contributed by atoms with Crippen molar-refractivity contribution in [3.05, 3.63) is 42.4 Å². The number of carbonyl (C=O) groups excluding carboxylic acids is 1. The second-order valence-corrected chi connectivity index (χ2v) is 9.95. The highest BCUT2D eigenvalue weighted by Crippen LogP contribution is 2.45. The molecular formula is C26H30N6O2. The first-order chi connectivity index (χ1) is 16.3. The molecule has 34 heavy (non-hydrogen) atoms. The summed E-state index contributed by atoms with van der Waals surface area (Å²) >= 11 is 0. The van der Waals surface area contributed by atoms with Gasteiger partial charge in [0.2, 0.25) is 5.91 Å². The maximum absolute atomic E-state index is 12.5. The lowest BCUT2D eigenvalue weighted by molar-refractivity contribution is -0.127.